The summed E-state index contributed by atoms with van der Waals surface area (Å²) < 4.78 is 6.01. The number of carbonyl (C=O) groups excluding carboxylic acids is 1. The SMILES string of the molecule is CC1(Oc2ccc(N)c(C(=N)c3cc(N4CCC(C=O)CC4)ncn3)c2)CC1. The highest BCUT2D eigenvalue weighted by Crippen LogP contribution is 2.40. The summed E-state index contributed by atoms with van der Waals surface area (Å²) in [6, 6.07) is 7.26. The number of rotatable bonds is 6. The summed E-state index contributed by atoms with van der Waals surface area (Å²) in [5.74, 6) is 1.63. The van der Waals surface area contributed by atoms with E-state index in [0.717, 1.165) is 56.6 Å². The molecule has 0 bridgehead atoms. The first-order valence-corrected chi connectivity index (χ1v) is 9.67. The van der Waals surface area contributed by atoms with Crippen molar-refractivity contribution in [2.24, 2.45) is 5.92 Å². The number of anilines is 2. The Kier molecular flexibility index (Phi) is 4.75. The van der Waals surface area contributed by atoms with Crippen molar-refractivity contribution in [2.45, 2.75) is 38.2 Å². The van der Waals surface area contributed by atoms with E-state index in [0.29, 0.717) is 16.9 Å². The van der Waals surface area contributed by atoms with Crippen molar-refractivity contribution in [3.8, 4) is 5.75 Å². The fourth-order valence-electron chi connectivity index (χ4n) is 3.44. The van der Waals surface area contributed by atoms with E-state index in [1.54, 1.807) is 6.07 Å². The highest BCUT2D eigenvalue weighted by molar-refractivity contribution is 6.13. The van der Waals surface area contributed by atoms with Crippen LogP contribution in [0.15, 0.2) is 30.6 Å². The second kappa shape index (κ2) is 7.22. The molecule has 1 saturated carbocycles. The molecule has 1 saturated heterocycles. The Morgan fingerprint density at radius 1 is 1.29 bits per heavy atom. The molecule has 7 heteroatoms. The maximum Gasteiger partial charge on any atom is 0.132 e. The smallest absolute Gasteiger partial charge is 0.132 e. The van der Waals surface area contributed by atoms with Crippen LogP contribution >= 0.6 is 0 Å². The molecule has 2 aromatic rings. The number of nitrogen functional groups attached to an aromatic ring is 1. The number of carbonyl (C=O) groups is 1. The Morgan fingerprint density at radius 3 is 2.71 bits per heavy atom. The largest absolute Gasteiger partial charge is 0.488 e. The Hall–Kier alpha value is -2.96. The van der Waals surface area contributed by atoms with Gasteiger partial charge in [-0.25, -0.2) is 9.97 Å². The second-order valence-electron chi connectivity index (χ2n) is 7.90. The summed E-state index contributed by atoms with van der Waals surface area (Å²) in [5, 5.41) is 8.64. The minimum absolute atomic E-state index is 0.0920. The lowest BCUT2D eigenvalue weighted by Gasteiger charge is -2.30. The third-order valence-corrected chi connectivity index (χ3v) is 5.58. The van der Waals surface area contributed by atoms with Gasteiger partial charge in [-0.3, -0.25) is 5.41 Å². The molecule has 2 aliphatic rings. The number of hydrogen-bond donors (Lipinski definition) is 2. The van der Waals surface area contributed by atoms with Gasteiger partial charge in [0.15, 0.2) is 0 Å². The highest BCUT2D eigenvalue weighted by Gasteiger charge is 2.40. The fraction of sp³-hybridized carbons (Fsp3) is 0.429. The van der Waals surface area contributed by atoms with Crippen LogP contribution in [-0.2, 0) is 4.79 Å². The summed E-state index contributed by atoms with van der Waals surface area (Å²) in [6.45, 7) is 3.63. The minimum Gasteiger partial charge on any atom is -0.488 e. The normalized spacial score (nSPS) is 18.5. The van der Waals surface area contributed by atoms with Crippen molar-refractivity contribution in [3.05, 3.63) is 41.9 Å². The zero-order valence-electron chi connectivity index (χ0n) is 16.0. The van der Waals surface area contributed by atoms with Gasteiger partial charge >= 0.3 is 0 Å². The highest BCUT2D eigenvalue weighted by atomic mass is 16.5. The number of aldehydes is 1. The molecule has 0 unspecified atom stereocenters. The number of ether oxygens (including phenoxy) is 1. The Morgan fingerprint density at radius 2 is 2.04 bits per heavy atom. The van der Waals surface area contributed by atoms with E-state index in [4.69, 9.17) is 15.9 Å². The molecule has 1 aromatic heterocycles. The molecule has 1 aliphatic heterocycles. The van der Waals surface area contributed by atoms with Crippen molar-refractivity contribution in [2.75, 3.05) is 23.7 Å². The number of nitrogens with zero attached hydrogens (tertiary/aromatic N) is 3. The molecule has 1 aromatic carbocycles. The monoisotopic (exact) mass is 379 g/mol. The molecule has 0 spiro atoms. The molecule has 2 heterocycles. The molecule has 3 N–H and O–H groups in total. The average Bonchev–Trinajstić information content (AvgIpc) is 3.45. The standard InChI is InChI=1S/C21H25N5O2/c1-21(6-7-21)28-15-2-3-17(22)16(10-15)20(23)18-11-19(25-13-24-18)26-8-4-14(12-27)5-9-26/h2-3,10-14,23H,4-9,22H2,1H3. The van der Waals surface area contributed by atoms with E-state index in [2.05, 4.69) is 21.8 Å². The quantitative estimate of drug-likeness (QED) is 0.454. The topological polar surface area (TPSA) is 105 Å². The molecule has 0 radical (unpaired) electrons. The van der Waals surface area contributed by atoms with Crippen molar-refractivity contribution in [1.29, 1.82) is 5.41 Å². The number of piperidine rings is 1. The molecule has 4 rings (SSSR count). The van der Waals surface area contributed by atoms with E-state index in [1.165, 1.54) is 6.33 Å². The maximum atomic E-state index is 11.0. The molecule has 0 atom stereocenters. The van der Waals surface area contributed by atoms with Crippen molar-refractivity contribution >= 4 is 23.5 Å². The van der Waals surface area contributed by atoms with Crippen LogP contribution in [0.25, 0.3) is 0 Å². The van der Waals surface area contributed by atoms with E-state index in [-0.39, 0.29) is 17.2 Å². The maximum absolute atomic E-state index is 11.0. The third-order valence-electron chi connectivity index (χ3n) is 5.58. The summed E-state index contributed by atoms with van der Waals surface area (Å²) in [6.07, 6.45) is 6.25. The zero-order valence-corrected chi connectivity index (χ0v) is 16.0. The van der Waals surface area contributed by atoms with Gasteiger partial charge in [0.25, 0.3) is 0 Å². The molecule has 28 heavy (non-hydrogen) atoms. The first-order valence-electron chi connectivity index (χ1n) is 9.67. The van der Waals surface area contributed by atoms with Crippen LogP contribution in [0.2, 0.25) is 0 Å². The van der Waals surface area contributed by atoms with Gasteiger partial charge in [0.1, 0.15) is 29.8 Å². The lowest BCUT2D eigenvalue weighted by molar-refractivity contribution is -0.111. The van der Waals surface area contributed by atoms with Gasteiger partial charge in [0, 0.05) is 36.3 Å². The number of hydrogen-bond acceptors (Lipinski definition) is 7. The molecule has 1 aliphatic carbocycles. The van der Waals surface area contributed by atoms with Gasteiger partial charge in [-0.1, -0.05) is 0 Å². The van der Waals surface area contributed by atoms with Crippen LogP contribution in [0.5, 0.6) is 5.75 Å². The molecular weight excluding hydrogens is 354 g/mol. The Labute approximate surface area is 164 Å². The van der Waals surface area contributed by atoms with E-state index in [9.17, 15) is 4.79 Å². The van der Waals surface area contributed by atoms with Gasteiger partial charge < -0.3 is 20.2 Å². The summed E-state index contributed by atoms with van der Waals surface area (Å²) in [4.78, 5) is 21.7. The summed E-state index contributed by atoms with van der Waals surface area (Å²) in [7, 11) is 0. The van der Waals surface area contributed by atoms with Crippen molar-refractivity contribution in [3.63, 3.8) is 0 Å². The van der Waals surface area contributed by atoms with Gasteiger partial charge in [0.2, 0.25) is 0 Å². The third kappa shape index (κ3) is 3.83. The Bertz CT molecular complexity index is 901. The number of benzene rings is 1. The summed E-state index contributed by atoms with van der Waals surface area (Å²) >= 11 is 0. The lowest BCUT2D eigenvalue weighted by atomic mass is 9.98. The van der Waals surface area contributed by atoms with Gasteiger partial charge in [-0.2, -0.15) is 0 Å². The van der Waals surface area contributed by atoms with Gasteiger partial charge in [-0.05, 0) is 50.8 Å². The number of nitrogens with one attached hydrogen (secondary N) is 1. The first kappa shape index (κ1) is 18.4. The van der Waals surface area contributed by atoms with Crippen LogP contribution in [0.3, 0.4) is 0 Å². The number of aromatic nitrogens is 2. The van der Waals surface area contributed by atoms with E-state index >= 15 is 0 Å². The van der Waals surface area contributed by atoms with Gasteiger partial charge in [-0.15, -0.1) is 0 Å². The average molecular weight is 379 g/mol. The van der Waals surface area contributed by atoms with Crippen LogP contribution in [-0.4, -0.2) is 40.7 Å². The minimum atomic E-state index is -0.0920. The van der Waals surface area contributed by atoms with Crippen LogP contribution in [0.1, 0.15) is 43.9 Å². The molecule has 0 amide bonds. The van der Waals surface area contributed by atoms with Gasteiger partial charge in [0.05, 0.1) is 11.4 Å². The molecule has 146 valence electrons. The Balaban J connectivity index is 1.55. The van der Waals surface area contributed by atoms with Crippen LogP contribution in [0, 0.1) is 11.3 Å². The fourth-order valence-corrected chi connectivity index (χ4v) is 3.44. The first-order chi connectivity index (χ1) is 13.5. The number of nitrogens with two attached hydrogens (primary N) is 1. The van der Waals surface area contributed by atoms with E-state index < -0.39 is 0 Å². The zero-order chi connectivity index (χ0) is 19.7. The van der Waals surface area contributed by atoms with Crippen molar-refractivity contribution < 1.29 is 9.53 Å². The van der Waals surface area contributed by atoms with Crippen LogP contribution in [0.4, 0.5) is 11.5 Å². The molecule has 7 nitrogen and oxygen atoms in total. The van der Waals surface area contributed by atoms with E-state index in [1.807, 2.05) is 18.2 Å². The second-order valence-corrected chi connectivity index (χ2v) is 7.90. The predicted molar refractivity (Wildman–Crippen MR) is 108 cm³/mol. The summed E-state index contributed by atoms with van der Waals surface area (Å²) in [5.41, 5.74) is 7.93. The molecular formula is C21H25N5O2. The lowest BCUT2D eigenvalue weighted by Crippen LogP contribution is -2.34. The predicted octanol–water partition coefficient (Wildman–Crippen LogP) is 2.82. The van der Waals surface area contributed by atoms with Crippen molar-refractivity contribution in [1.82, 2.24) is 9.97 Å². The van der Waals surface area contributed by atoms with Crippen LogP contribution < -0.4 is 15.4 Å². The molecule has 2 fully saturated rings.